The highest BCUT2D eigenvalue weighted by Gasteiger charge is 2.49. The van der Waals surface area contributed by atoms with Crippen LogP contribution in [0.1, 0.15) is 38.5 Å². The van der Waals surface area contributed by atoms with E-state index in [4.69, 9.17) is 5.73 Å². The first-order valence-corrected chi connectivity index (χ1v) is 6.96. The van der Waals surface area contributed by atoms with Crippen molar-refractivity contribution in [2.24, 2.45) is 17.6 Å². The Kier molecular flexibility index (Phi) is 2.98. The summed E-state index contributed by atoms with van der Waals surface area (Å²) in [7, 11) is 0. The summed E-state index contributed by atoms with van der Waals surface area (Å²) in [5.41, 5.74) is 5.88. The van der Waals surface area contributed by atoms with Crippen molar-refractivity contribution in [1.29, 1.82) is 0 Å². The van der Waals surface area contributed by atoms with E-state index < -0.39 is 0 Å². The molecule has 1 saturated heterocycles. The van der Waals surface area contributed by atoms with E-state index in [0.717, 1.165) is 38.5 Å². The number of hydrogen-bond donors (Lipinski definition) is 1. The number of nitrogens with zero attached hydrogens (tertiary/aromatic N) is 1. The number of carbonyl (C=O) groups is 2. The smallest absolute Gasteiger partial charge is 0.233 e. The molecule has 2 fully saturated rings. The van der Waals surface area contributed by atoms with Gasteiger partial charge in [0.1, 0.15) is 0 Å². The third kappa shape index (κ3) is 1.79. The summed E-state index contributed by atoms with van der Waals surface area (Å²) in [5.74, 6) is -0.0409. The Hall–Kier alpha value is -1.16. The van der Waals surface area contributed by atoms with Crippen molar-refractivity contribution in [3.8, 4) is 0 Å². The minimum absolute atomic E-state index is 0.0646. The van der Waals surface area contributed by atoms with Gasteiger partial charge in [0.25, 0.3) is 0 Å². The van der Waals surface area contributed by atoms with E-state index in [-0.39, 0.29) is 35.7 Å². The lowest BCUT2D eigenvalue weighted by Crippen LogP contribution is -2.44. The second-order valence-electron chi connectivity index (χ2n) is 5.77. The molecule has 0 radical (unpaired) electrons. The van der Waals surface area contributed by atoms with E-state index in [2.05, 4.69) is 0 Å². The third-order valence-electron chi connectivity index (χ3n) is 4.65. The zero-order valence-electron chi connectivity index (χ0n) is 10.5. The average molecular weight is 248 g/mol. The Morgan fingerprint density at radius 1 is 0.944 bits per heavy atom. The van der Waals surface area contributed by atoms with Crippen molar-refractivity contribution in [2.45, 2.75) is 50.6 Å². The van der Waals surface area contributed by atoms with Crippen molar-refractivity contribution >= 4 is 11.8 Å². The fraction of sp³-hybridized carbons (Fsp3) is 0.714. The monoisotopic (exact) mass is 248 g/mol. The van der Waals surface area contributed by atoms with Crippen LogP contribution in [-0.2, 0) is 9.59 Å². The summed E-state index contributed by atoms with van der Waals surface area (Å²) >= 11 is 0. The van der Waals surface area contributed by atoms with E-state index >= 15 is 0 Å². The van der Waals surface area contributed by atoms with Crippen molar-refractivity contribution in [3.63, 3.8) is 0 Å². The third-order valence-corrected chi connectivity index (χ3v) is 4.65. The molecule has 18 heavy (non-hydrogen) atoms. The van der Waals surface area contributed by atoms with Gasteiger partial charge in [0.05, 0.1) is 11.8 Å². The predicted molar refractivity (Wildman–Crippen MR) is 67.4 cm³/mol. The highest BCUT2D eigenvalue weighted by atomic mass is 16.2. The molecule has 3 rings (SSSR count). The molecule has 2 aliphatic carbocycles. The number of likely N-dealkylation sites (tertiary alicyclic amines) is 1. The molecular formula is C14H20N2O2. The maximum Gasteiger partial charge on any atom is 0.233 e. The Labute approximate surface area is 107 Å². The van der Waals surface area contributed by atoms with E-state index in [1.54, 1.807) is 4.90 Å². The number of amides is 2. The second-order valence-corrected chi connectivity index (χ2v) is 5.77. The Balaban J connectivity index is 1.77. The molecule has 0 aromatic rings. The fourth-order valence-corrected chi connectivity index (χ4v) is 3.55. The molecule has 1 aliphatic heterocycles. The Bertz CT molecular complexity index is 371. The summed E-state index contributed by atoms with van der Waals surface area (Å²) in [6.07, 6.45) is 9.15. The topological polar surface area (TPSA) is 63.4 Å². The first-order valence-electron chi connectivity index (χ1n) is 6.96. The largest absolute Gasteiger partial charge is 0.328 e. The van der Waals surface area contributed by atoms with Gasteiger partial charge in [0, 0.05) is 12.1 Å². The lowest BCUT2D eigenvalue weighted by atomic mass is 9.85. The van der Waals surface area contributed by atoms with Crippen LogP contribution in [-0.4, -0.2) is 28.8 Å². The summed E-state index contributed by atoms with van der Waals surface area (Å²) < 4.78 is 0. The van der Waals surface area contributed by atoms with Gasteiger partial charge in [-0.05, 0) is 38.5 Å². The van der Waals surface area contributed by atoms with Gasteiger partial charge >= 0.3 is 0 Å². The van der Waals surface area contributed by atoms with Crippen molar-refractivity contribution in [3.05, 3.63) is 12.2 Å². The molecule has 0 aromatic carbocycles. The second kappa shape index (κ2) is 4.50. The van der Waals surface area contributed by atoms with Crippen LogP contribution in [0.3, 0.4) is 0 Å². The van der Waals surface area contributed by atoms with Crippen LogP contribution in [0, 0.1) is 11.8 Å². The summed E-state index contributed by atoms with van der Waals surface area (Å²) in [6, 6.07) is 0.355. The van der Waals surface area contributed by atoms with E-state index in [9.17, 15) is 9.59 Å². The van der Waals surface area contributed by atoms with E-state index in [1.165, 1.54) is 0 Å². The molecule has 2 atom stereocenters. The molecule has 4 nitrogen and oxygen atoms in total. The minimum Gasteiger partial charge on any atom is -0.328 e. The average Bonchev–Trinajstić information content (AvgIpc) is 2.64. The molecule has 0 aromatic heterocycles. The number of nitrogens with two attached hydrogens (primary N) is 1. The molecule has 1 saturated carbocycles. The number of imide groups is 1. The number of allylic oxidation sites excluding steroid dienone is 2. The van der Waals surface area contributed by atoms with Crippen LogP contribution < -0.4 is 5.73 Å². The molecule has 0 spiro atoms. The first-order chi connectivity index (χ1) is 8.68. The summed E-state index contributed by atoms with van der Waals surface area (Å²) in [5, 5.41) is 0. The van der Waals surface area contributed by atoms with Gasteiger partial charge in [-0.15, -0.1) is 0 Å². The van der Waals surface area contributed by atoms with Gasteiger partial charge in [-0.25, -0.2) is 0 Å². The van der Waals surface area contributed by atoms with Crippen LogP contribution in [0.15, 0.2) is 12.2 Å². The molecule has 98 valence electrons. The lowest BCUT2D eigenvalue weighted by molar-refractivity contribution is -0.143. The number of carbonyl (C=O) groups excluding carboxylic acids is 2. The Morgan fingerprint density at radius 2 is 1.44 bits per heavy atom. The van der Waals surface area contributed by atoms with E-state index in [0.29, 0.717) is 0 Å². The summed E-state index contributed by atoms with van der Waals surface area (Å²) in [6.45, 7) is 0. The van der Waals surface area contributed by atoms with E-state index in [1.807, 2.05) is 12.2 Å². The molecule has 2 unspecified atom stereocenters. The maximum atomic E-state index is 12.4. The zero-order chi connectivity index (χ0) is 12.7. The van der Waals surface area contributed by atoms with Gasteiger partial charge in [0.2, 0.25) is 11.8 Å². The van der Waals surface area contributed by atoms with Crippen LogP contribution >= 0.6 is 0 Å². The van der Waals surface area contributed by atoms with Crippen LogP contribution in [0.25, 0.3) is 0 Å². The highest BCUT2D eigenvalue weighted by Crippen LogP contribution is 2.38. The zero-order valence-corrected chi connectivity index (χ0v) is 10.5. The highest BCUT2D eigenvalue weighted by molar-refractivity contribution is 6.05. The van der Waals surface area contributed by atoms with Gasteiger partial charge < -0.3 is 5.73 Å². The predicted octanol–water partition coefficient (Wildman–Crippen LogP) is 1.21. The molecular weight excluding hydrogens is 228 g/mol. The van der Waals surface area contributed by atoms with Gasteiger partial charge in [-0.3, -0.25) is 14.5 Å². The molecule has 0 bridgehead atoms. The fourth-order valence-electron chi connectivity index (χ4n) is 3.55. The van der Waals surface area contributed by atoms with Gasteiger partial charge in [-0.1, -0.05) is 12.2 Å². The normalized spacial score (nSPS) is 40.2. The molecule has 3 aliphatic rings. The molecule has 4 heteroatoms. The van der Waals surface area contributed by atoms with Crippen molar-refractivity contribution < 1.29 is 9.59 Å². The van der Waals surface area contributed by atoms with Gasteiger partial charge in [0.15, 0.2) is 0 Å². The number of rotatable bonds is 1. The Morgan fingerprint density at radius 3 is 1.94 bits per heavy atom. The quantitative estimate of drug-likeness (QED) is 0.560. The molecule has 2 N–H and O–H groups in total. The molecule has 1 heterocycles. The van der Waals surface area contributed by atoms with Crippen LogP contribution in [0.2, 0.25) is 0 Å². The maximum absolute atomic E-state index is 12.4. The van der Waals surface area contributed by atoms with Crippen LogP contribution in [0.5, 0.6) is 0 Å². The SMILES string of the molecule is NC1CCC(N2C(=O)C3CC=CCC3C2=O)CC1. The van der Waals surface area contributed by atoms with Gasteiger partial charge in [-0.2, -0.15) is 0 Å². The number of hydrogen-bond acceptors (Lipinski definition) is 3. The lowest BCUT2D eigenvalue weighted by Gasteiger charge is -2.32. The van der Waals surface area contributed by atoms with Crippen LogP contribution in [0.4, 0.5) is 0 Å². The molecule has 2 amide bonds. The van der Waals surface area contributed by atoms with Crippen molar-refractivity contribution in [2.75, 3.05) is 0 Å². The standard InChI is InChI=1S/C14H20N2O2/c15-9-5-7-10(8-6-9)16-13(17)11-3-1-2-4-12(11)14(16)18/h1-2,9-12H,3-8,15H2. The number of fused-ring (bicyclic) bond motifs is 1. The first kappa shape index (κ1) is 11.9. The summed E-state index contributed by atoms with van der Waals surface area (Å²) in [4.78, 5) is 26.3. The van der Waals surface area contributed by atoms with Crippen molar-refractivity contribution in [1.82, 2.24) is 4.90 Å². The minimum atomic E-state index is -0.0851.